The number of hydrogen-bond acceptors (Lipinski definition) is 3. The summed E-state index contributed by atoms with van der Waals surface area (Å²) in [7, 11) is 0. The molecule has 0 bridgehead atoms. The van der Waals surface area contributed by atoms with Gasteiger partial charge in [-0.25, -0.2) is 0 Å². The van der Waals surface area contributed by atoms with Gasteiger partial charge in [-0.1, -0.05) is 13.3 Å². The fourth-order valence-corrected chi connectivity index (χ4v) is 1.59. The normalized spacial score (nSPS) is 11.1. The Bertz CT molecular complexity index is 79.9. The van der Waals surface area contributed by atoms with Crippen LogP contribution >= 0.6 is 25.3 Å². The van der Waals surface area contributed by atoms with Crippen LogP contribution in [0.4, 0.5) is 0 Å². The molecule has 0 aliphatic carbocycles. The van der Waals surface area contributed by atoms with Crippen molar-refractivity contribution in [3.63, 3.8) is 0 Å². The van der Waals surface area contributed by atoms with Gasteiger partial charge in [-0.2, -0.15) is 25.3 Å². The molecule has 0 heterocycles. The summed E-state index contributed by atoms with van der Waals surface area (Å²) in [6.07, 6.45) is 5.02. The lowest BCUT2D eigenvalue weighted by molar-refractivity contribution is 0.272. The first-order valence-corrected chi connectivity index (χ1v) is 6.55. The zero-order valence-electron chi connectivity index (χ0n) is 8.71. The van der Waals surface area contributed by atoms with Gasteiger partial charge in [-0.05, 0) is 50.4 Å². The second-order valence-corrected chi connectivity index (χ2v) is 4.24. The Morgan fingerprint density at radius 3 is 1.69 bits per heavy atom. The SMILES string of the molecule is CCCCN(CCCS)CCCS. The molecule has 0 saturated carbocycles. The van der Waals surface area contributed by atoms with Crippen molar-refractivity contribution in [3.8, 4) is 0 Å². The molecule has 0 aromatic rings. The summed E-state index contributed by atoms with van der Waals surface area (Å²) >= 11 is 8.47. The van der Waals surface area contributed by atoms with E-state index in [1.54, 1.807) is 0 Å². The summed E-state index contributed by atoms with van der Waals surface area (Å²) < 4.78 is 0. The zero-order chi connectivity index (χ0) is 9.94. The minimum Gasteiger partial charge on any atom is -0.303 e. The van der Waals surface area contributed by atoms with Crippen LogP contribution in [0.15, 0.2) is 0 Å². The first-order chi connectivity index (χ1) is 6.35. The van der Waals surface area contributed by atoms with Crippen molar-refractivity contribution in [1.29, 1.82) is 0 Å². The fourth-order valence-electron chi connectivity index (χ4n) is 1.31. The second kappa shape index (κ2) is 10.7. The molecule has 3 heteroatoms. The minimum absolute atomic E-state index is 1.00. The van der Waals surface area contributed by atoms with Crippen LogP contribution in [-0.2, 0) is 0 Å². The van der Waals surface area contributed by atoms with Gasteiger partial charge in [0.05, 0.1) is 0 Å². The lowest BCUT2D eigenvalue weighted by Gasteiger charge is -2.21. The van der Waals surface area contributed by atoms with E-state index in [0.717, 1.165) is 11.5 Å². The number of rotatable bonds is 9. The van der Waals surface area contributed by atoms with Crippen LogP contribution in [0.1, 0.15) is 32.6 Å². The van der Waals surface area contributed by atoms with Crippen molar-refractivity contribution in [2.45, 2.75) is 32.6 Å². The molecule has 0 fully saturated rings. The highest BCUT2D eigenvalue weighted by atomic mass is 32.1. The molecule has 0 unspecified atom stereocenters. The molecule has 0 atom stereocenters. The predicted molar refractivity (Wildman–Crippen MR) is 68.3 cm³/mol. The minimum atomic E-state index is 1.00. The first-order valence-electron chi connectivity index (χ1n) is 5.29. The Balaban J connectivity index is 3.47. The Hall–Kier alpha value is 0.660. The fraction of sp³-hybridized carbons (Fsp3) is 1.00. The van der Waals surface area contributed by atoms with Crippen LogP contribution in [0.2, 0.25) is 0 Å². The molecule has 0 amide bonds. The highest BCUT2D eigenvalue weighted by molar-refractivity contribution is 7.80. The van der Waals surface area contributed by atoms with Gasteiger partial charge in [-0.15, -0.1) is 0 Å². The van der Waals surface area contributed by atoms with E-state index in [0.29, 0.717) is 0 Å². The van der Waals surface area contributed by atoms with Gasteiger partial charge < -0.3 is 4.90 Å². The van der Waals surface area contributed by atoms with Gasteiger partial charge in [-0.3, -0.25) is 0 Å². The summed E-state index contributed by atoms with van der Waals surface area (Å²) in [5, 5.41) is 0. The highest BCUT2D eigenvalue weighted by Gasteiger charge is 2.02. The van der Waals surface area contributed by atoms with E-state index in [1.165, 1.54) is 45.3 Å². The van der Waals surface area contributed by atoms with Crippen molar-refractivity contribution in [2.75, 3.05) is 31.1 Å². The third-order valence-corrected chi connectivity index (χ3v) is 2.73. The Morgan fingerprint density at radius 1 is 0.846 bits per heavy atom. The van der Waals surface area contributed by atoms with Crippen molar-refractivity contribution < 1.29 is 0 Å². The van der Waals surface area contributed by atoms with E-state index in [9.17, 15) is 0 Å². The molecule has 0 aromatic carbocycles. The highest BCUT2D eigenvalue weighted by Crippen LogP contribution is 2.00. The molecule has 0 aromatic heterocycles. The lowest BCUT2D eigenvalue weighted by Crippen LogP contribution is -2.27. The third kappa shape index (κ3) is 8.98. The molecule has 0 aliphatic rings. The van der Waals surface area contributed by atoms with Crippen LogP contribution in [-0.4, -0.2) is 36.0 Å². The molecular weight excluding hydrogens is 198 g/mol. The summed E-state index contributed by atoms with van der Waals surface area (Å²) in [5.74, 6) is 2.01. The molecule has 0 radical (unpaired) electrons. The maximum absolute atomic E-state index is 4.24. The van der Waals surface area contributed by atoms with Gasteiger partial charge in [0.2, 0.25) is 0 Å². The molecule has 13 heavy (non-hydrogen) atoms. The van der Waals surface area contributed by atoms with Crippen LogP contribution in [0.3, 0.4) is 0 Å². The standard InChI is InChI=1S/C10H23NS2/c1-2-3-6-11(7-4-9-12)8-5-10-13/h12-13H,2-10H2,1H3. The van der Waals surface area contributed by atoms with E-state index in [-0.39, 0.29) is 0 Å². The largest absolute Gasteiger partial charge is 0.303 e. The van der Waals surface area contributed by atoms with E-state index in [2.05, 4.69) is 37.1 Å². The topological polar surface area (TPSA) is 3.24 Å². The predicted octanol–water partition coefficient (Wildman–Crippen LogP) is 2.73. The average molecular weight is 221 g/mol. The average Bonchev–Trinajstić information content (AvgIpc) is 2.17. The summed E-state index contributed by atoms with van der Waals surface area (Å²) in [6, 6.07) is 0. The van der Waals surface area contributed by atoms with Crippen LogP contribution in [0.25, 0.3) is 0 Å². The summed E-state index contributed by atoms with van der Waals surface area (Å²) in [5.41, 5.74) is 0. The smallest absolute Gasteiger partial charge is 0.00110 e. The maximum Gasteiger partial charge on any atom is -0.00110 e. The third-order valence-electron chi connectivity index (χ3n) is 2.09. The number of thiol groups is 2. The van der Waals surface area contributed by atoms with Crippen molar-refractivity contribution in [2.24, 2.45) is 0 Å². The van der Waals surface area contributed by atoms with Gasteiger partial charge in [0.25, 0.3) is 0 Å². The molecule has 0 spiro atoms. The Kier molecular flexibility index (Phi) is 11.3. The Labute approximate surface area is 94.1 Å². The molecule has 0 N–H and O–H groups in total. The van der Waals surface area contributed by atoms with Crippen molar-refractivity contribution >= 4 is 25.3 Å². The van der Waals surface area contributed by atoms with E-state index in [4.69, 9.17) is 0 Å². The summed E-state index contributed by atoms with van der Waals surface area (Å²) in [6.45, 7) is 5.90. The van der Waals surface area contributed by atoms with Crippen LogP contribution in [0.5, 0.6) is 0 Å². The molecule has 0 saturated heterocycles. The maximum atomic E-state index is 4.24. The molecule has 80 valence electrons. The van der Waals surface area contributed by atoms with E-state index in [1.807, 2.05) is 0 Å². The van der Waals surface area contributed by atoms with Crippen molar-refractivity contribution in [1.82, 2.24) is 4.90 Å². The van der Waals surface area contributed by atoms with Crippen LogP contribution in [0, 0.1) is 0 Å². The second-order valence-electron chi connectivity index (χ2n) is 3.35. The van der Waals surface area contributed by atoms with E-state index < -0.39 is 0 Å². The monoisotopic (exact) mass is 221 g/mol. The van der Waals surface area contributed by atoms with Crippen molar-refractivity contribution in [3.05, 3.63) is 0 Å². The number of unbranched alkanes of at least 4 members (excludes halogenated alkanes) is 1. The van der Waals surface area contributed by atoms with Gasteiger partial charge >= 0.3 is 0 Å². The quantitative estimate of drug-likeness (QED) is 0.566. The first kappa shape index (κ1) is 13.7. The zero-order valence-corrected chi connectivity index (χ0v) is 10.5. The lowest BCUT2D eigenvalue weighted by atomic mass is 10.3. The number of nitrogens with zero attached hydrogens (tertiary/aromatic N) is 1. The van der Waals surface area contributed by atoms with Gasteiger partial charge in [0, 0.05) is 0 Å². The molecule has 0 aliphatic heterocycles. The van der Waals surface area contributed by atoms with Gasteiger partial charge in [0.15, 0.2) is 0 Å². The number of hydrogen-bond donors (Lipinski definition) is 2. The van der Waals surface area contributed by atoms with Crippen LogP contribution < -0.4 is 0 Å². The molecule has 0 rings (SSSR count). The molecule has 1 nitrogen and oxygen atoms in total. The summed E-state index contributed by atoms with van der Waals surface area (Å²) in [4.78, 5) is 2.54. The Morgan fingerprint density at radius 2 is 1.31 bits per heavy atom. The van der Waals surface area contributed by atoms with Gasteiger partial charge in [0.1, 0.15) is 0 Å². The molecular formula is C10H23NS2. The van der Waals surface area contributed by atoms with E-state index >= 15 is 0 Å².